The van der Waals surface area contributed by atoms with Crippen LogP contribution in [-0.4, -0.2) is 20.7 Å². The average molecular weight is 403 g/mol. The maximum Gasteiger partial charge on any atom is 0.436 e. The Labute approximate surface area is 144 Å². The van der Waals surface area contributed by atoms with Gasteiger partial charge in [0, 0.05) is 12.1 Å². The highest BCUT2D eigenvalue weighted by molar-refractivity contribution is 9.10. The van der Waals surface area contributed by atoms with E-state index in [0.29, 0.717) is 11.5 Å². The predicted octanol–water partition coefficient (Wildman–Crippen LogP) is 3.88. The zero-order valence-electron chi connectivity index (χ0n) is 12.7. The number of hydrogen-bond donors (Lipinski definition) is 1. The van der Waals surface area contributed by atoms with E-state index in [1.54, 1.807) is 19.1 Å². The number of amides is 1. The Morgan fingerprint density at radius 3 is 2.75 bits per heavy atom. The van der Waals surface area contributed by atoms with Gasteiger partial charge in [0.2, 0.25) is 5.91 Å². The maximum atomic E-state index is 13.0. The summed E-state index contributed by atoms with van der Waals surface area (Å²) in [5.74, 6) is -0.0764. The SMILES string of the molecule is Cc1cccnc1NC(=O)Cn1nc(C(F)(F)F)c(Br)c1C1CC1. The van der Waals surface area contributed by atoms with E-state index in [4.69, 9.17) is 0 Å². The zero-order chi connectivity index (χ0) is 17.5. The molecule has 0 aliphatic heterocycles. The monoisotopic (exact) mass is 402 g/mol. The fourth-order valence-electron chi connectivity index (χ4n) is 2.43. The van der Waals surface area contributed by atoms with Gasteiger partial charge in [0.1, 0.15) is 12.4 Å². The largest absolute Gasteiger partial charge is 0.436 e. The summed E-state index contributed by atoms with van der Waals surface area (Å²) in [4.78, 5) is 16.2. The number of pyridine rings is 1. The molecule has 0 bridgehead atoms. The molecule has 2 heterocycles. The molecule has 128 valence electrons. The fraction of sp³-hybridized carbons (Fsp3) is 0.400. The van der Waals surface area contributed by atoms with E-state index in [1.165, 1.54) is 6.20 Å². The topological polar surface area (TPSA) is 59.8 Å². The lowest BCUT2D eigenvalue weighted by Gasteiger charge is -2.09. The van der Waals surface area contributed by atoms with E-state index in [1.807, 2.05) is 0 Å². The van der Waals surface area contributed by atoms with Gasteiger partial charge in [-0.1, -0.05) is 6.07 Å². The first kappa shape index (κ1) is 16.9. The number of rotatable bonds is 4. The van der Waals surface area contributed by atoms with Gasteiger partial charge in [-0.05, 0) is 47.3 Å². The molecule has 0 spiro atoms. The number of anilines is 1. The van der Waals surface area contributed by atoms with Crippen molar-refractivity contribution in [2.45, 2.75) is 38.4 Å². The summed E-state index contributed by atoms with van der Waals surface area (Å²) >= 11 is 3.00. The van der Waals surface area contributed by atoms with Crippen molar-refractivity contribution in [2.24, 2.45) is 0 Å². The fourth-order valence-corrected chi connectivity index (χ4v) is 3.26. The van der Waals surface area contributed by atoms with E-state index in [-0.39, 0.29) is 16.9 Å². The Morgan fingerprint density at radius 2 is 2.17 bits per heavy atom. The van der Waals surface area contributed by atoms with Gasteiger partial charge in [-0.2, -0.15) is 18.3 Å². The summed E-state index contributed by atoms with van der Waals surface area (Å²) in [5.41, 5.74) is 0.201. The lowest BCUT2D eigenvalue weighted by atomic mass is 10.2. The van der Waals surface area contributed by atoms with Gasteiger partial charge in [-0.15, -0.1) is 0 Å². The van der Waals surface area contributed by atoms with Gasteiger partial charge in [-0.25, -0.2) is 4.98 Å². The van der Waals surface area contributed by atoms with Crippen molar-refractivity contribution in [3.05, 3.63) is 39.8 Å². The second kappa shape index (κ2) is 6.19. The lowest BCUT2D eigenvalue weighted by Crippen LogP contribution is -2.22. The Bertz CT molecular complexity index is 784. The standard InChI is InChI=1S/C15H14BrF3N4O/c1-8-3-2-6-20-14(8)21-10(24)7-23-12(9-4-5-9)11(16)13(22-23)15(17,18)19/h2-3,6,9H,4-5,7H2,1H3,(H,20,21,24). The van der Waals surface area contributed by atoms with Crippen LogP contribution in [0.5, 0.6) is 0 Å². The molecule has 0 radical (unpaired) electrons. The molecule has 1 aliphatic rings. The summed E-state index contributed by atoms with van der Waals surface area (Å²) in [5, 5.41) is 6.22. The smallest absolute Gasteiger partial charge is 0.309 e. The van der Waals surface area contributed by atoms with Crippen LogP contribution in [0, 0.1) is 6.92 Å². The molecule has 24 heavy (non-hydrogen) atoms. The van der Waals surface area contributed by atoms with Crippen molar-refractivity contribution in [3.8, 4) is 0 Å². The molecule has 1 aliphatic carbocycles. The van der Waals surface area contributed by atoms with Crippen molar-refractivity contribution >= 4 is 27.7 Å². The maximum absolute atomic E-state index is 13.0. The van der Waals surface area contributed by atoms with Crippen LogP contribution in [0.25, 0.3) is 0 Å². The van der Waals surface area contributed by atoms with Crippen LogP contribution in [0.4, 0.5) is 19.0 Å². The number of aromatic nitrogens is 3. The highest BCUT2D eigenvalue weighted by atomic mass is 79.9. The van der Waals surface area contributed by atoms with Crippen LogP contribution in [0.1, 0.15) is 35.7 Å². The van der Waals surface area contributed by atoms with E-state index in [9.17, 15) is 18.0 Å². The highest BCUT2D eigenvalue weighted by Gasteiger charge is 2.41. The van der Waals surface area contributed by atoms with Gasteiger partial charge < -0.3 is 5.32 Å². The Morgan fingerprint density at radius 1 is 1.46 bits per heavy atom. The van der Waals surface area contributed by atoms with E-state index < -0.39 is 17.8 Å². The number of aryl methyl sites for hydroxylation is 1. The molecule has 0 atom stereocenters. The molecule has 2 aromatic heterocycles. The molecule has 0 unspecified atom stereocenters. The van der Waals surface area contributed by atoms with Gasteiger partial charge in [-0.3, -0.25) is 9.48 Å². The highest BCUT2D eigenvalue weighted by Crippen LogP contribution is 2.46. The van der Waals surface area contributed by atoms with E-state index >= 15 is 0 Å². The third-order valence-electron chi connectivity index (χ3n) is 3.72. The number of carbonyl (C=O) groups excluding carboxylic acids is 1. The minimum Gasteiger partial charge on any atom is -0.309 e. The molecular formula is C15H14BrF3N4O. The van der Waals surface area contributed by atoms with Crippen molar-refractivity contribution < 1.29 is 18.0 Å². The average Bonchev–Trinajstić information content (AvgIpc) is 3.25. The van der Waals surface area contributed by atoms with Crippen LogP contribution in [0.15, 0.2) is 22.8 Å². The number of alkyl halides is 3. The lowest BCUT2D eigenvalue weighted by molar-refractivity contribution is -0.142. The number of hydrogen-bond acceptors (Lipinski definition) is 3. The quantitative estimate of drug-likeness (QED) is 0.843. The Kier molecular flexibility index (Phi) is 4.37. The van der Waals surface area contributed by atoms with Gasteiger partial charge in [0.25, 0.3) is 0 Å². The minimum atomic E-state index is -4.57. The molecule has 0 aromatic carbocycles. The van der Waals surface area contributed by atoms with Crippen LogP contribution >= 0.6 is 15.9 Å². The summed E-state index contributed by atoms with van der Waals surface area (Å²) < 4.78 is 40.2. The van der Waals surface area contributed by atoms with Gasteiger partial charge >= 0.3 is 6.18 Å². The summed E-state index contributed by atoms with van der Waals surface area (Å²) in [7, 11) is 0. The first-order chi connectivity index (χ1) is 11.3. The number of carbonyl (C=O) groups is 1. The second-order valence-electron chi connectivity index (χ2n) is 5.69. The first-order valence-electron chi connectivity index (χ1n) is 7.32. The predicted molar refractivity (Wildman–Crippen MR) is 84.5 cm³/mol. The van der Waals surface area contributed by atoms with Gasteiger partial charge in [0.05, 0.1) is 10.2 Å². The molecule has 2 aromatic rings. The zero-order valence-corrected chi connectivity index (χ0v) is 14.3. The summed E-state index contributed by atoms with van der Waals surface area (Å²) in [6, 6.07) is 3.51. The molecular weight excluding hydrogens is 389 g/mol. The van der Waals surface area contributed by atoms with Crippen LogP contribution in [0.2, 0.25) is 0 Å². The normalized spacial score (nSPS) is 14.7. The van der Waals surface area contributed by atoms with E-state index in [0.717, 1.165) is 23.1 Å². The third kappa shape index (κ3) is 3.45. The van der Waals surface area contributed by atoms with Crippen molar-refractivity contribution in [1.29, 1.82) is 0 Å². The molecule has 5 nitrogen and oxygen atoms in total. The molecule has 3 rings (SSSR count). The molecule has 0 saturated heterocycles. The van der Waals surface area contributed by atoms with Crippen molar-refractivity contribution in [3.63, 3.8) is 0 Å². The van der Waals surface area contributed by atoms with Crippen LogP contribution in [0.3, 0.4) is 0 Å². The summed E-state index contributed by atoms with van der Waals surface area (Å²) in [6.45, 7) is 1.49. The van der Waals surface area contributed by atoms with Crippen molar-refractivity contribution in [1.82, 2.24) is 14.8 Å². The third-order valence-corrected chi connectivity index (χ3v) is 4.51. The number of nitrogens with zero attached hydrogens (tertiary/aromatic N) is 3. The van der Waals surface area contributed by atoms with Crippen LogP contribution in [-0.2, 0) is 17.5 Å². The number of halogens is 4. The second-order valence-corrected chi connectivity index (χ2v) is 6.49. The van der Waals surface area contributed by atoms with E-state index in [2.05, 4.69) is 31.3 Å². The molecule has 1 N–H and O–H groups in total. The van der Waals surface area contributed by atoms with Crippen LogP contribution < -0.4 is 5.32 Å². The number of nitrogens with one attached hydrogen (secondary N) is 1. The molecule has 9 heteroatoms. The molecule has 1 fully saturated rings. The first-order valence-corrected chi connectivity index (χ1v) is 8.11. The summed E-state index contributed by atoms with van der Waals surface area (Å²) in [6.07, 6.45) is -1.45. The Balaban J connectivity index is 1.84. The molecule has 1 saturated carbocycles. The minimum absolute atomic E-state index is 0.00682. The Hall–Kier alpha value is -1.90. The van der Waals surface area contributed by atoms with Crippen molar-refractivity contribution in [2.75, 3.05) is 5.32 Å². The molecule has 1 amide bonds. The van der Waals surface area contributed by atoms with Gasteiger partial charge in [0.15, 0.2) is 5.69 Å².